The van der Waals surface area contributed by atoms with Crippen LogP contribution >= 0.6 is 0 Å². The van der Waals surface area contributed by atoms with Crippen molar-refractivity contribution >= 4 is 16.9 Å². The second-order valence-corrected chi connectivity index (χ2v) is 4.65. The van der Waals surface area contributed by atoms with Crippen LogP contribution < -0.4 is 4.74 Å². The van der Waals surface area contributed by atoms with Gasteiger partial charge in [0.15, 0.2) is 0 Å². The van der Waals surface area contributed by atoms with E-state index >= 15 is 0 Å². The summed E-state index contributed by atoms with van der Waals surface area (Å²) in [5.74, 6) is 0.458. The number of para-hydroxylation sites is 1. The number of fused-ring (bicyclic) bond motifs is 1. The summed E-state index contributed by atoms with van der Waals surface area (Å²) < 4.78 is 5.88. The molecule has 1 aromatic heterocycles. The van der Waals surface area contributed by atoms with Gasteiger partial charge in [-0.2, -0.15) is 0 Å². The second-order valence-electron chi connectivity index (χ2n) is 4.65. The van der Waals surface area contributed by atoms with Crippen molar-refractivity contribution in [1.29, 1.82) is 0 Å². The number of hydrogen-bond donors (Lipinski definition) is 1. The van der Waals surface area contributed by atoms with Gasteiger partial charge in [-0.05, 0) is 35.9 Å². The normalized spacial score (nSPS) is 10.5. The predicted molar refractivity (Wildman–Crippen MR) is 79.6 cm³/mol. The van der Waals surface area contributed by atoms with Gasteiger partial charge < -0.3 is 9.84 Å². The summed E-state index contributed by atoms with van der Waals surface area (Å²) in [5.41, 5.74) is 1.56. The molecule has 0 amide bonds. The molecule has 3 aromatic rings. The molecule has 0 aliphatic rings. The van der Waals surface area contributed by atoms with Crippen LogP contribution in [-0.2, 0) is 11.2 Å². The van der Waals surface area contributed by atoms with Crippen molar-refractivity contribution in [3.8, 4) is 11.5 Å². The number of aliphatic carboxylic acids is 1. The zero-order valence-corrected chi connectivity index (χ0v) is 11.2. The van der Waals surface area contributed by atoms with Gasteiger partial charge in [-0.1, -0.05) is 24.3 Å². The molecule has 0 saturated carbocycles. The van der Waals surface area contributed by atoms with E-state index < -0.39 is 5.97 Å². The van der Waals surface area contributed by atoms with Crippen molar-refractivity contribution in [2.45, 2.75) is 6.42 Å². The van der Waals surface area contributed by atoms with Crippen LogP contribution in [0.2, 0.25) is 0 Å². The summed E-state index contributed by atoms with van der Waals surface area (Å²) in [7, 11) is 0. The summed E-state index contributed by atoms with van der Waals surface area (Å²) in [6.07, 6.45) is 1.67. The van der Waals surface area contributed by atoms with Crippen LogP contribution in [-0.4, -0.2) is 16.1 Å². The maximum atomic E-state index is 10.8. The number of nitrogens with zero attached hydrogens (tertiary/aromatic N) is 1. The molecule has 0 spiro atoms. The Balaban J connectivity index is 1.93. The van der Waals surface area contributed by atoms with E-state index in [2.05, 4.69) is 4.98 Å². The third-order valence-electron chi connectivity index (χ3n) is 3.09. The predicted octanol–water partition coefficient (Wildman–Crippen LogP) is 3.65. The first-order valence-corrected chi connectivity index (χ1v) is 6.55. The molecule has 3 rings (SSSR count). The minimum atomic E-state index is -0.860. The lowest BCUT2D eigenvalue weighted by atomic mass is 10.1. The van der Waals surface area contributed by atoms with Gasteiger partial charge in [0, 0.05) is 11.6 Å². The fourth-order valence-corrected chi connectivity index (χ4v) is 2.18. The fourth-order valence-electron chi connectivity index (χ4n) is 2.18. The lowest BCUT2D eigenvalue weighted by Gasteiger charge is -2.09. The number of ether oxygens (including phenoxy) is 1. The van der Waals surface area contributed by atoms with E-state index in [9.17, 15) is 4.79 Å². The van der Waals surface area contributed by atoms with Crippen molar-refractivity contribution in [3.05, 3.63) is 66.4 Å². The maximum absolute atomic E-state index is 10.8. The van der Waals surface area contributed by atoms with Crippen molar-refractivity contribution < 1.29 is 14.6 Å². The summed E-state index contributed by atoms with van der Waals surface area (Å²) in [5, 5.41) is 9.76. The van der Waals surface area contributed by atoms with Crippen LogP contribution in [0.3, 0.4) is 0 Å². The highest BCUT2D eigenvalue weighted by atomic mass is 16.5. The molecule has 0 aliphatic heterocycles. The molecule has 0 radical (unpaired) electrons. The van der Waals surface area contributed by atoms with Crippen LogP contribution in [0.5, 0.6) is 11.5 Å². The van der Waals surface area contributed by atoms with E-state index in [0.29, 0.717) is 17.1 Å². The molecule has 0 saturated heterocycles. The van der Waals surface area contributed by atoms with Crippen molar-refractivity contribution in [3.63, 3.8) is 0 Å². The third kappa shape index (κ3) is 3.00. The first kappa shape index (κ1) is 13.1. The Labute approximate surface area is 121 Å². The van der Waals surface area contributed by atoms with E-state index in [0.717, 1.165) is 10.9 Å². The molecule has 1 N–H and O–H groups in total. The molecule has 0 aliphatic carbocycles. The molecule has 0 fully saturated rings. The topological polar surface area (TPSA) is 59.4 Å². The summed E-state index contributed by atoms with van der Waals surface area (Å²) in [6, 6.07) is 16.6. The smallest absolute Gasteiger partial charge is 0.307 e. The lowest BCUT2D eigenvalue weighted by Crippen LogP contribution is -1.99. The van der Waals surface area contributed by atoms with Gasteiger partial charge >= 0.3 is 5.97 Å². The molecular formula is C17H13NO3. The highest BCUT2D eigenvalue weighted by molar-refractivity contribution is 5.84. The summed E-state index contributed by atoms with van der Waals surface area (Å²) >= 11 is 0. The van der Waals surface area contributed by atoms with Crippen LogP contribution in [0.15, 0.2) is 60.8 Å². The quantitative estimate of drug-likeness (QED) is 0.791. The zero-order valence-electron chi connectivity index (χ0n) is 11.2. The van der Waals surface area contributed by atoms with Gasteiger partial charge in [-0.3, -0.25) is 9.78 Å². The van der Waals surface area contributed by atoms with Crippen molar-refractivity contribution in [2.75, 3.05) is 0 Å². The molecule has 4 nitrogen and oxygen atoms in total. The first-order valence-electron chi connectivity index (χ1n) is 6.55. The number of rotatable bonds is 4. The molecular weight excluding hydrogens is 266 g/mol. The van der Waals surface area contributed by atoms with Gasteiger partial charge in [-0.25, -0.2) is 0 Å². The van der Waals surface area contributed by atoms with Crippen LogP contribution in [0.25, 0.3) is 10.9 Å². The Morgan fingerprint density at radius 1 is 1.10 bits per heavy atom. The molecule has 2 aromatic carbocycles. The van der Waals surface area contributed by atoms with E-state index in [1.54, 1.807) is 36.5 Å². The Bertz CT molecular complexity index is 793. The standard InChI is InChI=1S/C17H13NO3/c19-17(20)11-12-4-3-5-13(10-12)21-16-8-9-18-15-7-2-1-6-14(15)16/h1-10H,11H2,(H,19,20). The van der Waals surface area contributed by atoms with Crippen molar-refractivity contribution in [1.82, 2.24) is 4.98 Å². The zero-order chi connectivity index (χ0) is 14.7. The van der Waals surface area contributed by atoms with Gasteiger partial charge in [0.2, 0.25) is 0 Å². The molecule has 0 bridgehead atoms. The number of pyridine rings is 1. The Morgan fingerprint density at radius 2 is 1.95 bits per heavy atom. The van der Waals surface area contributed by atoms with E-state index in [1.165, 1.54) is 0 Å². The van der Waals surface area contributed by atoms with Gasteiger partial charge in [0.05, 0.1) is 11.9 Å². The maximum Gasteiger partial charge on any atom is 0.307 e. The molecule has 1 heterocycles. The number of carboxylic acids is 1. The van der Waals surface area contributed by atoms with Crippen LogP contribution in [0.1, 0.15) is 5.56 Å². The van der Waals surface area contributed by atoms with Crippen molar-refractivity contribution in [2.24, 2.45) is 0 Å². The average molecular weight is 279 g/mol. The first-order chi connectivity index (χ1) is 10.2. The Hall–Kier alpha value is -2.88. The number of carbonyl (C=O) groups is 1. The van der Waals surface area contributed by atoms with E-state index in [-0.39, 0.29) is 6.42 Å². The number of aromatic nitrogens is 1. The Morgan fingerprint density at radius 3 is 2.81 bits per heavy atom. The molecule has 4 heteroatoms. The summed E-state index contributed by atoms with van der Waals surface area (Å²) in [4.78, 5) is 15.0. The van der Waals surface area contributed by atoms with Gasteiger partial charge in [0.1, 0.15) is 11.5 Å². The van der Waals surface area contributed by atoms with Crippen LogP contribution in [0, 0.1) is 0 Å². The Kier molecular flexibility index (Phi) is 3.51. The largest absolute Gasteiger partial charge is 0.481 e. The molecule has 0 unspecified atom stereocenters. The van der Waals surface area contributed by atoms with E-state index in [4.69, 9.17) is 9.84 Å². The molecule has 21 heavy (non-hydrogen) atoms. The second kappa shape index (κ2) is 5.63. The SMILES string of the molecule is O=C(O)Cc1cccc(Oc2ccnc3ccccc23)c1. The number of benzene rings is 2. The van der Waals surface area contributed by atoms with Gasteiger partial charge in [0.25, 0.3) is 0 Å². The number of carboxylic acid groups (broad SMARTS) is 1. The monoisotopic (exact) mass is 279 g/mol. The van der Waals surface area contributed by atoms with Crippen LogP contribution in [0.4, 0.5) is 0 Å². The number of hydrogen-bond acceptors (Lipinski definition) is 3. The minimum Gasteiger partial charge on any atom is -0.481 e. The van der Waals surface area contributed by atoms with Gasteiger partial charge in [-0.15, -0.1) is 0 Å². The third-order valence-corrected chi connectivity index (χ3v) is 3.09. The highest BCUT2D eigenvalue weighted by Crippen LogP contribution is 2.28. The van der Waals surface area contributed by atoms with E-state index in [1.807, 2.05) is 24.3 Å². The fraction of sp³-hybridized carbons (Fsp3) is 0.0588. The molecule has 0 atom stereocenters. The molecule has 104 valence electrons. The average Bonchev–Trinajstić information content (AvgIpc) is 2.47. The summed E-state index contributed by atoms with van der Waals surface area (Å²) in [6.45, 7) is 0. The highest BCUT2D eigenvalue weighted by Gasteiger charge is 2.06. The minimum absolute atomic E-state index is 0.0196. The lowest BCUT2D eigenvalue weighted by molar-refractivity contribution is -0.136.